The Morgan fingerprint density at radius 1 is 1.05 bits per heavy atom. The number of ether oxygens (including phenoxy) is 3. The second kappa shape index (κ2) is 13.4. The van der Waals surface area contributed by atoms with E-state index in [1.165, 1.54) is 14.2 Å². The van der Waals surface area contributed by atoms with Gasteiger partial charge in [-0.1, -0.05) is 53.9 Å². The molecule has 1 amide bonds. The van der Waals surface area contributed by atoms with Gasteiger partial charge in [0.05, 0.1) is 32.0 Å². The molecule has 2 aromatic rings. The van der Waals surface area contributed by atoms with E-state index in [1.807, 2.05) is 0 Å². The molecule has 1 aliphatic carbocycles. The number of carboxylic acid groups (broad SMARTS) is 1. The highest BCUT2D eigenvalue weighted by Crippen LogP contribution is 2.40. The summed E-state index contributed by atoms with van der Waals surface area (Å²) in [5.41, 5.74) is 2.49. The fourth-order valence-corrected chi connectivity index (χ4v) is 4.70. The summed E-state index contributed by atoms with van der Waals surface area (Å²) in [5, 5.41) is 12.2. The minimum atomic E-state index is -4.44. The molecular weight excluding hydrogens is 562 g/mol. The van der Waals surface area contributed by atoms with E-state index in [-0.39, 0.29) is 29.0 Å². The van der Waals surface area contributed by atoms with Crippen molar-refractivity contribution in [3.8, 4) is 22.6 Å². The number of alkyl halides is 3. The van der Waals surface area contributed by atoms with Gasteiger partial charge in [-0.3, -0.25) is 4.79 Å². The number of carbonyl (C=O) groups excluding carboxylic acids is 1. The lowest BCUT2D eigenvalue weighted by Crippen LogP contribution is -2.44. The SMILES string of the molecule is COc1cc(COCC(F)(F)F)cc(OC)c1-c1ccc(C[C@H](NC(=O)C(=C(Cl)Cl)C2CCC2)C(=O)O)cc1. The molecule has 1 fully saturated rings. The smallest absolute Gasteiger partial charge is 0.411 e. The average Bonchev–Trinajstić information content (AvgIpc) is 2.84. The summed E-state index contributed by atoms with van der Waals surface area (Å²) in [5.74, 6) is -1.18. The van der Waals surface area contributed by atoms with Gasteiger partial charge in [-0.05, 0) is 47.6 Å². The lowest BCUT2D eigenvalue weighted by atomic mass is 9.80. The Labute approximate surface area is 233 Å². The lowest BCUT2D eigenvalue weighted by Gasteiger charge is -2.28. The molecule has 0 heterocycles. The zero-order chi connectivity index (χ0) is 28.7. The molecule has 1 saturated carbocycles. The van der Waals surface area contributed by atoms with E-state index in [2.05, 4.69) is 5.32 Å². The molecule has 0 saturated heterocycles. The van der Waals surface area contributed by atoms with Crippen molar-refractivity contribution >= 4 is 35.1 Å². The molecule has 212 valence electrons. The normalized spacial score (nSPS) is 14.2. The van der Waals surface area contributed by atoms with Gasteiger partial charge in [-0.2, -0.15) is 13.2 Å². The molecule has 7 nitrogen and oxygen atoms in total. The summed E-state index contributed by atoms with van der Waals surface area (Å²) >= 11 is 11.8. The number of carboxylic acids is 1. The van der Waals surface area contributed by atoms with Gasteiger partial charge in [0.25, 0.3) is 5.91 Å². The van der Waals surface area contributed by atoms with Crippen molar-refractivity contribution in [2.24, 2.45) is 5.92 Å². The van der Waals surface area contributed by atoms with Crippen LogP contribution in [0.25, 0.3) is 11.1 Å². The van der Waals surface area contributed by atoms with Crippen LogP contribution in [0, 0.1) is 5.92 Å². The highest BCUT2D eigenvalue weighted by Gasteiger charge is 2.32. The van der Waals surface area contributed by atoms with Crippen LogP contribution in [0.5, 0.6) is 11.5 Å². The van der Waals surface area contributed by atoms with Crippen LogP contribution in [0.4, 0.5) is 13.2 Å². The predicted molar refractivity (Wildman–Crippen MR) is 140 cm³/mol. The summed E-state index contributed by atoms with van der Waals surface area (Å²) in [7, 11) is 2.85. The molecule has 0 bridgehead atoms. The number of amides is 1. The number of rotatable bonds is 12. The maximum Gasteiger partial charge on any atom is 0.411 e. The molecule has 1 atom stereocenters. The number of hydrogen-bond donors (Lipinski definition) is 2. The van der Waals surface area contributed by atoms with E-state index < -0.39 is 30.7 Å². The van der Waals surface area contributed by atoms with E-state index in [0.717, 1.165) is 19.3 Å². The number of halogens is 5. The van der Waals surface area contributed by atoms with Crippen LogP contribution in [0.3, 0.4) is 0 Å². The number of carbonyl (C=O) groups is 2. The highest BCUT2D eigenvalue weighted by molar-refractivity contribution is 6.57. The maximum atomic E-state index is 12.8. The van der Waals surface area contributed by atoms with Crippen LogP contribution in [-0.2, 0) is 27.4 Å². The van der Waals surface area contributed by atoms with E-state index in [4.69, 9.17) is 37.4 Å². The molecule has 39 heavy (non-hydrogen) atoms. The fourth-order valence-electron chi connectivity index (χ4n) is 4.22. The van der Waals surface area contributed by atoms with Gasteiger partial charge < -0.3 is 24.6 Å². The number of aliphatic carboxylic acids is 1. The first kappa shape index (κ1) is 30.6. The first-order chi connectivity index (χ1) is 18.4. The van der Waals surface area contributed by atoms with Crippen molar-refractivity contribution in [2.75, 3.05) is 20.8 Å². The minimum Gasteiger partial charge on any atom is -0.496 e. The Balaban J connectivity index is 1.78. The predicted octanol–water partition coefficient (Wildman–Crippen LogP) is 6.05. The van der Waals surface area contributed by atoms with Gasteiger partial charge in [-0.15, -0.1) is 0 Å². The van der Waals surface area contributed by atoms with Gasteiger partial charge >= 0.3 is 12.1 Å². The molecule has 2 N–H and O–H groups in total. The van der Waals surface area contributed by atoms with Crippen LogP contribution in [-0.4, -0.2) is 50.0 Å². The molecule has 0 radical (unpaired) electrons. The Kier molecular flexibility index (Phi) is 10.5. The first-order valence-corrected chi connectivity index (χ1v) is 12.8. The van der Waals surface area contributed by atoms with Crippen molar-refractivity contribution in [1.29, 1.82) is 0 Å². The molecule has 0 spiro atoms. The number of nitrogens with one attached hydrogen (secondary N) is 1. The van der Waals surface area contributed by atoms with Crippen molar-refractivity contribution in [3.05, 3.63) is 57.6 Å². The molecule has 12 heteroatoms. The fraction of sp³-hybridized carbons (Fsp3) is 0.407. The molecule has 0 unspecified atom stereocenters. The highest BCUT2D eigenvalue weighted by atomic mass is 35.5. The molecule has 2 aromatic carbocycles. The van der Waals surface area contributed by atoms with Crippen LogP contribution >= 0.6 is 23.2 Å². The third-order valence-corrected chi connectivity index (χ3v) is 6.75. The van der Waals surface area contributed by atoms with E-state index in [9.17, 15) is 27.9 Å². The van der Waals surface area contributed by atoms with Gasteiger partial charge in [0.15, 0.2) is 0 Å². The zero-order valence-electron chi connectivity index (χ0n) is 21.2. The second-order valence-corrected chi connectivity index (χ2v) is 10.00. The summed E-state index contributed by atoms with van der Waals surface area (Å²) < 4.78 is 52.8. The molecule has 0 aliphatic heterocycles. The molecule has 1 aliphatic rings. The second-order valence-electron chi connectivity index (χ2n) is 9.05. The topological polar surface area (TPSA) is 94.1 Å². The number of methoxy groups -OCH3 is 2. The molecule has 3 rings (SSSR count). The van der Waals surface area contributed by atoms with Crippen molar-refractivity contribution in [1.82, 2.24) is 5.32 Å². The molecular formula is C27H28Cl2F3NO6. The summed E-state index contributed by atoms with van der Waals surface area (Å²) in [6, 6.07) is 8.77. The van der Waals surface area contributed by atoms with E-state index in [0.29, 0.717) is 33.8 Å². The Bertz CT molecular complexity index is 1180. The first-order valence-electron chi connectivity index (χ1n) is 12.0. The quantitative estimate of drug-likeness (QED) is 0.293. The Hall–Kier alpha value is -2.95. The standard InChI is InChI=1S/C27H28Cl2F3NO6/c1-37-20-11-16(13-39-14-27(30,31)32)12-21(38-2)22(20)18-8-6-15(7-9-18)10-19(26(35)36)33-25(34)23(24(28)29)17-4-3-5-17/h6-9,11-12,17,19H,3-5,10,13-14H2,1-2H3,(H,33,34)(H,35,36)/t19-/m0/s1. The van der Waals surface area contributed by atoms with Crippen molar-refractivity contribution in [2.45, 2.75) is 44.5 Å². The monoisotopic (exact) mass is 589 g/mol. The number of benzene rings is 2. The minimum absolute atomic E-state index is 0.00293. The van der Waals surface area contributed by atoms with Crippen LogP contribution in [0.15, 0.2) is 46.5 Å². The lowest BCUT2D eigenvalue weighted by molar-refractivity contribution is -0.176. The average molecular weight is 590 g/mol. The van der Waals surface area contributed by atoms with Gasteiger partial charge in [0, 0.05) is 6.42 Å². The van der Waals surface area contributed by atoms with Gasteiger partial charge in [0.2, 0.25) is 0 Å². The number of hydrogen-bond acceptors (Lipinski definition) is 5. The van der Waals surface area contributed by atoms with Crippen LogP contribution < -0.4 is 14.8 Å². The summed E-state index contributed by atoms with van der Waals surface area (Å²) in [4.78, 5) is 24.7. The van der Waals surface area contributed by atoms with Crippen LogP contribution in [0.1, 0.15) is 30.4 Å². The van der Waals surface area contributed by atoms with Gasteiger partial charge in [-0.25, -0.2) is 4.79 Å². The summed E-state index contributed by atoms with van der Waals surface area (Å²) in [6.07, 6.45) is -1.96. The Morgan fingerprint density at radius 3 is 2.08 bits per heavy atom. The Morgan fingerprint density at radius 2 is 1.64 bits per heavy atom. The molecule has 0 aromatic heterocycles. The van der Waals surface area contributed by atoms with E-state index in [1.54, 1.807) is 36.4 Å². The zero-order valence-corrected chi connectivity index (χ0v) is 22.8. The summed E-state index contributed by atoms with van der Waals surface area (Å²) in [6.45, 7) is -1.67. The largest absolute Gasteiger partial charge is 0.496 e. The maximum absolute atomic E-state index is 12.8. The van der Waals surface area contributed by atoms with E-state index >= 15 is 0 Å². The van der Waals surface area contributed by atoms with Crippen molar-refractivity contribution in [3.63, 3.8) is 0 Å². The van der Waals surface area contributed by atoms with Crippen LogP contribution in [0.2, 0.25) is 0 Å². The third kappa shape index (κ3) is 8.27. The third-order valence-electron chi connectivity index (χ3n) is 6.35. The van der Waals surface area contributed by atoms with Gasteiger partial charge in [0.1, 0.15) is 28.6 Å². The van der Waals surface area contributed by atoms with Crippen molar-refractivity contribution < 1.29 is 42.1 Å².